The van der Waals surface area contributed by atoms with Crippen molar-refractivity contribution in [2.45, 2.75) is 0 Å². The van der Waals surface area contributed by atoms with Gasteiger partial charge in [-0.15, -0.1) is 0 Å². The van der Waals surface area contributed by atoms with E-state index in [2.05, 4.69) is 150 Å². The number of aromatic nitrogens is 4. The third kappa shape index (κ3) is 5.90. The van der Waals surface area contributed by atoms with Crippen LogP contribution in [-0.4, -0.2) is 19.5 Å². The minimum absolute atomic E-state index is 0.600. The van der Waals surface area contributed by atoms with Crippen LogP contribution in [0.3, 0.4) is 0 Å². The van der Waals surface area contributed by atoms with Crippen LogP contribution in [0.1, 0.15) is 0 Å². The van der Waals surface area contributed by atoms with Gasteiger partial charge in [0.25, 0.3) is 0 Å². The van der Waals surface area contributed by atoms with E-state index in [1.807, 2.05) is 72.8 Å². The number of hydrogen-bond acceptors (Lipinski definition) is 4. The summed E-state index contributed by atoms with van der Waals surface area (Å²) in [6.07, 6.45) is 0. The standard InChI is InChI=1S/C59H36N4O/c1-4-13-37(14-5-1)57-60-58(38-15-6-2-7-16-38)62-59(61-57)49-20-12-22-55-56(49)51-36-42(28-32-54(51)64-55)40-26-30-47-44(34-40)24-23-43-33-39(25-29-46(43)47)41-27-31-53-50(35-41)48-19-10-11-21-52(48)63(53)45-17-8-3-9-18-45/h1-36H. The Morgan fingerprint density at radius 1 is 0.312 bits per heavy atom. The Kier molecular flexibility index (Phi) is 8.15. The van der Waals surface area contributed by atoms with Crippen molar-refractivity contribution in [3.8, 4) is 62.1 Å². The summed E-state index contributed by atoms with van der Waals surface area (Å²) in [5, 5.41) is 9.37. The molecule has 3 aromatic heterocycles. The molecule has 0 N–H and O–H groups in total. The molecule has 298 valence electrons. The molecule has 0 fully saturated rings. The number of benzene rings is 10. The molecule has 0 aliphatic heterocycles. The molecule has 0 bridgehead atoms. The first-order chi connectivity index (χ1) is 31.7. The molecule has 5 heteroatoms. The van der Waals surface area contributed by atoms with Crippen LogP contribution in [0, 0.1) is 0 Å². The number of hydrogen-bond donors (Lipinski definition) is 0. The van der Waals surface area contributed by atoms with Crippen LogP contribution in [-0.2, 0) is 0 Å². The lowest BCUT2D eigenvalue weighted by Gasteiger charge is -2.10. The number of fused-ring (bicyclic) bond motifs is 9. The van der Waals surface area contributed by atoms with E-state index >= 15 is 0 Å². The predicted molar refractivity (Wildman–Crippen MR) is 264 cm³/mol. The Labute approximate surface area is 368 Å². The Morgan fingerprint density at radius 2 is 0.844 bits per heavy atom. The molecular weight excluding hydrogens is 781 g/mol. The van der Waals surface area contributed by atoms with E-state index in [0.717, 1.165) is 49.8 Å². The zero-order valence-electron chi connectivity index (χ0n) is 34.5. The third-order valence-electron chi connectivity index (χ3n) is 12.6. The van der Waals surface area contributed by atoms with Gasteiger partial charge in [0.05, 0.1) is 11.0 Å². The molecule has 64 heavy (non-hydrogen) atoms. The molecule has 0 aliphatic rings. The van der Waals surface area contributed by atoms with Gasteiger partial charge >= 0.3 is 0 Å². The van der Waals surface area contributed by atoms with Crippen LogP contribution in [0.25, 0.3) is 127 Å². The molecule has 3 heterocycles. The van der Waals surface area contributed by atoms with Gasteiger partial charge in [-0.1, -0.05) is 158 Å². The van der Waals surface area contributed by atoms with E-state index in [9.17, 15) is 0 Å². The molecule has 0 aliphatic carbocycles. The van der Waals surface area contributed by atoms with Crippen LogP contribution >= 0.6 is 0 Å². The molecule has 0 radical (unpaired) electrons. The largest absolute Gasteiger partial charge is 0.456 e. The quantitative estimate of drug-likeness (QED) is 0.157. The summed E-state index contributed by atoms with van der Waals surface area (Å²) in [5.74, 6) is 1.85. The molecule has 0 saturated heterocycles. The molecule has 0 spiro atoms. The summed E-state index contributed by atoms with van der Waals surface area (Å²) in [7, 11) is 0. The average Bonchev–Trinajstić information content (AvgIpc) is 3.92. The van der Waals surface area contributed by atoms with Crippen LogP contribution in [0.2, 0.25) is 0 Å². The van der Waals surface area contributed by atoms with E-state index in [1.54, 1.807) is 0 Å². The highest BCUT2D eigenvalue weighted by molar-refractivity contribution is 6.14. The highest BCUT2D eigenvalue weighted by atomic mass is 16.3. The molecule has 10 aromatic carbocycles. The summed E-state index contributed by atoms with van der Waals surface area (Å²) in [6, 6.07) is 77.1. The first kappa shape index (κ1) is 36.0. The van der Waals surface area contributed by atoms with Crippen molar-refractivity contribution < 1.29 is 4.42 Å². The lowest BCUT2D eigenvalue weighted by molar-refractivity contribution is 0.669. The maximum absolute atomic E-state index is 6.48. The number of furan rings is 1. The van der Waals surface area contributed by atoms with Gasteiger partial charge in [0.1, 0.15) is 11.2 Å². The smallest absolute Gasteiger partial charge is 0.164 e. The first-order valence-electron chi connectivity index (χ1n) is 21.6. The van der Waals surface area contributed by atoms with Crippen LogP contribution in [0.4, 0.5) is 0 Å². The fraction of sp³-hybridized carbons (Fsp3) is 0. The first-order valence-corrected chi connectivity index (χ1v) is 21.6. The summed E-state index contributed by atoms with van der Waals surface area (Å²) in [4.78, 5) is 15.1. The Balaban J connectivity index is 0.882. The second-order valence-electron chi connectivity index (χ2n) is 16.4. The zero-order chi connectivity index (χ0) is 42.1. The van der Waals surface area contributed by atoms with E-state index in [1.165, 1.54) is 60.2 Å². The lowest BCUT2D eigenvalue weighted by Crippen LogP contribution is -2.00. The highest BCUT2D eigenvalue weighted by Crippen LogP contribution is 2.40. The normalized spacial score (nSPS) is 11.8. The van der Waals surface area contributed by atoms with Crippen molar-refractivity contribution in [1.29, 1.82) is 0 Å². The van der Waals surface area contributed by atoms with Crippen LogP contribution < -0.4 is 0 Å². The molecule has 13 aromatic rings. The van der Waals surface area contributed by atoms with E-state index in [4.69, 9.17) is 19.4 Å². The van der Waals surface area contributed by atoms with Gasteiger partial charge in [0.15, 0.2) is 17.5 Å². The molecule has 5 nitrogen and oxygen atoms in total. The molecule has 0 unspecified atom stereocenters. The Hall–Kier alpha value is -8.67. The average molecular weight is 817 g/mol. The molecule has 0 saturated carbocycles. The van der Waals surface area contributed by atoms with Crippen molar-refractivity contribution in [2.75, 3.05) is 0 Å². The SMILES string of the molecule is c1ccc(-c2nc(-c3ccccc3)nc(-c3cccc4oc5ccc(-c6ccc7c(ccc8cc(-c9ccc%10c(c9)c9ccccc9n%10-c9ccccc9)ccc87)c6)cc5c34)n2)cc1. The predicted octanol–water partition coefficient (Wildman–Crippen LogP) is 15.5. The van der Waals surface area contributed by atoms with Gasteiger partial charge in [-0.25, -0.2) is 15.0 Å². The fourth-order valence-corrected chi connectivity index (χ4v) is 9.56. The van der Waals surface area contributed by atoms with Crippen LogP contribution in [0.5, 0.6) is 0 Å². The zero-order valence-corrected chi connectivity index (χ0v) is 34.5. The van der Waals surface area contributed by atoms with Gasteiger partial charge < -0.3 is 8.98 Å². The summed E-state index contributed by atoms with van der Waals surface area (Å²) < 4.78 is 8.85. The number of nitrogens with zero attached hydrogens (tertiary/aromatic N) is 4. The van der Waals surface area contributed by atoms with Gasteiger partial charge in [-0.05, 0) is 104 Å². The van der Waals surface area contributed by atoms with Gasteiger partial charge in [0.2, 0.25) is 0 Å². The monoisotopic (exact) mass is 816 g/mol. The van der Waals surface area contributed by atoms with Crippen molar-refractivity contribution in [3.05, 3.63) is 218 Å². The third-order valence-corrected chi connectivity index (χ3v) is 12.6. The minimum atomic E-state index is 0.600. The van der Waals surface area contributed by atoms with Gasteiger partial charge in [-0.2, -0.15) is 0 Å². The number of para-hydroxylation sites is 2. The van der Waals surface area contributed by atoms with Gasteiger partial charge in [-0.3, -0.25) is 0 Å². The summed E-state index contributed by atoms with van der Waals surface area (Å²) in [5.41, 5.74) is 12.6. The van der Waals surface area contributed by atoms with Crippen molar-refractivity contribution in [1.82, 2.24) is 19.5 Å². The molecule has 0 atom stereocenters. The second kappa shape index (κ2) is 14.5. The van der Waals surface area contributed by atoms with Crippen molar-refractivity contribution in [3.63, 3.8) is 0 Å². The van der Waals surface area contributed by atoms with Crippen LogP contribution in [0.15, 0.2) is 223 Å². The van der Waals surface area contributed by atoms with Gasteiger partial charge in [0, 0.05) is 43.9 Å². The summed E-state index contributed by atoms with van der Waals surface area (Å²) in [6.45, 7) is 0. The molecule has 13 rings (SSSR count). The fourth-order valence-electron chi connectivity index (χ4n) is 9.56. The van der Waals surface area contributed by atoms with E-state index in [0.29, 0.717) is 17.5 Å². The molecule has 0 amide bonds. The second-order valence-corrected chi connectivity index (χ2v) is 16.4. The maximum Gasteiger partial charge on any atom is 0.164 e. The Morgan fingerprint density at radius 3 is 1.52 bits per heavy atom. The van der Waals surface area contributed by atoms with Crippen molar-refractivity contribution >= 4 is 65.3 Å². The van der Waals surface area contributed by atoms with E-state index in [-0.39, 0.29) is 0 Å². The summed E-state index contributed by atoms with van der Waals surface area (Å²) >= 11 is 0. The lowest BCUT2D eigenvalue weighted by atomic mass is 9.94. The van der Waals surface area contributed by atoms with E-state index < -0.39 is 0 Å². The number of rotatable bonds is 6. The topological polar surface area (TPSA) is 56.7 Å². The maximum atomic E-state index is 6.48. The van der Waals surface area contributed by atoms with Crippen molar-refractivity contribution in [2.24, 2.45) is 0 Å². The molecular formula is C59H36N4O. The highest BCUT2D eigenvalue weighted by Gasteiger charge is 2.19. The minimum Gasteiger partial charge on any atom is -0.456 e. The Bertz CT molecular complexity index is 3890.